The van der Waals surface area contributed by atoms with Crippen LogP contribution in [0.3, 0.4) is 0 Å². The number of carboxylic acid groups (broad SMARTS) is 1. The maximum absolute atomic E-state index is 14.3. The van der Waals surface area contributed by atoms with Crippen LogP contribution in [0.1, 0.15) is 91.7 Å². The van der Waals surface area contributed by atoms with Gasteiger partial charge in [0.2, 0.25) is 65.0 Å². The van der Waals surface area contributed by atoms with Gasteiger partial charge in [-0.05, 0) is 50.9 Å². The number of nitrogens with one attached hydrogen (secondary N) is 9. The van der Waals surface area contributed by atoms with Crippen molar-refractivity contribution in [1.82, 2.24) is 57.4 Å². The van der Waals surface area contributed by atoms with Gasteiger partial charge >= 0.3 is 5.97 Å². The molecule has 78 heavy (non-hydrogen) atoms. The number of aromatic amines is 1. The van der Waals surface area contributed by atoms with Crippen LogP contribution in [0.15, 0.2) is 17.5 Å². The van der Waals surface area contributed by atoms with Gasteiger partial charge in [-0.1, -0.05) is 34.1 Å². The van der Waals surface area contributed by atoms with Crippen molar-refractivity contribution < 1.29 is 72.9 Å². The highest BCUT2D eigenvalue weighted by Gasteiger charge is 2.39. The highest BCUT2D eigenvalue weighted by molar-refractivity contribution is 6.00. The number of nitrogens with two attached hydrogens (primary N) is 5. The van der Waals surface area contributed by atoms with Crippen LogP contribution in [0, 0.1) is 11.8 Å². The van der Waals surface area contributed by atoms with E-state index in [4.69, 9.17) is 28.7 Å². The summed E-state index contributed by atoms with van der Waals surface area (Å²) in [7, 11) is 0. The summed E-state index contributed by atoms with van der Waals surface area (Å²) < 4.78 is 0. The Morgan fingerprint density at radius 1 is 0.705 bits per heavy atom. The summed E-state index contributed by atoms with van der Waals surface area (Å²) in [5.41, 5.74) is 27.7. The molecule has 1 aromatic rings. The predicted molar refractivity (Wildman–Crippen MR) is 274 cm³/mol. The van der Waals surface area contributed by atoms with Gasteiger partial charge in [0.1, 0.15) is 60.4 Å². The van der Waals surface area contributed by atoms with E-state index in [0.29, 0.717) is 12.1 Å². The van der Waals surface area contributed by atoms with Crippen LogP contribution in [-0.2, 0) is 64.0 Å². The predicted octanol–water partition coefficient (Wildman–Crippen LogP) is -7.87. The fraction of sp³-hybridized carbons (Fsp3) is 0.652. The van der Waals surface area contributed by atoms with Gasteiger partial charge in [0, 0.05) is 31.4 Å². The summed E-state index contributed by atoms with van der Waals surface area (Å²) in [6, 6.07) is -15.0. The minimum absolute atomic E-state index is 0.00433. The molecule has 0 aliphatic carbocycles. The van der Waals surface area contributed by atoms with Crippen molar-refractivity contribution >= 4 is 76.9 Å². The number of aromatic nitrogens is 2. The molecule has 1 saturated heterocycles. The number of primary amides is 2. The van der Waals surface area contributed by atoms with E-state index >= 15 is 0 Å². The lowest BCUT2D eigenvalue weighted by Crippen LogP contribution is -2.62. The van der Waals surface area contributed by atoms with Crippen LogP contribution in [0.5, 0.6) is 0 Å². The van der Waals surface area contributed by atoms with Gasteiger partial charge in [-0.3, -0.25) is 57.7 Å². The Balaban J connectivity index is 2.38. The minimum atomic E-state index is -1.84. The molecule has 1 aromatic heterocycles. The molecule has 1 aliphatic heterocycles. The van der Waals surface area contributed by atoms with E-state index in [1.807, 2.05) is 0 Å². The lowest BCUT2D eigenvalue weighted by Gasteiger charge is -2.29. The fourth-order valence-electron chi connectivity index (χ4n) is 7.88. The number of imidazole rings is 1. The summed E-state index contributed by atoms with van der Waals surface area (Å²) in [5, 5.41) is 48.4. The fourth-order valence-corrected chi connectivity index (χ4v) is 7.88. The van der Waals surface area contributed by atoms with Crippen molar-refractivity contribution in [2.24, 2.45) is 45.5 Å². The Kier molecular flexibility index (Phi) is 27.6. The number of hydrogen-bond acceptors (Lipinski definition) is 17. The number of amides is 11. The molecular weight excluding hydrogens is 1030 g/mol. The van der Waals surface area contributed by atoms with E-state index in [2.05, 4.69) is 57.5 Å². The number of carbonyl (C=O) groups is 12. The number of aliphatic carboxylic acids is 1. The van der Waals surface area contributed by atoms with Gasteiger partial charge < -0.3 is 96.4 Å². The van der Waals surface area contributed by atoms with Crippen LogP contribution in [-0.4, -0.2) is 194 Å². The second-order valence-corrected chi connectivity index (χ2v) is 19.2. The SMILES string of the molecule is CC[C@H](C)[C@H](NC(=O)[C@H](CO)NC(=O)[C@H](CC(N)=O)NC(=O)[C@H](C)NC(=O)[C@@H]1CCCN1C(=O)[C@@H](N)CO)C(=O)N[C@@H](CCCN=C(N)N)C(=O)N[C@@H](Cc1cnc[nH]1)C(=O)N[C@@H](CC(N)=O)C(=O)N[C@@H](CC(C)C)C(=O)O. The Labute approximate surface area is 449 Å². The van der Waals surface area contributed by atoms with E-state index in [1.165, 1.54) is 24.3 Å². The van der Waals surface area contributed by atoms with Crippen LogP contribution < -0.4 is 71.2 Å². The number of rotatable bonds is 34. The molecule has 32 nitrogen and oxygen atoms in total. The number of hydrogen-bond donors (Lipinski definition) is 17. The Bertz CT molecular complexity index is 2300. The minimum Gasteiger partial charge on any atom is -0.480 e. The largest absolute Gasteiger partial charge is 0.480 e. The average Bonchev–Trinajstić information content (AvgIpc) is 4.09. The zero-order valence-corrected chi connectivity index (χ0v) is 44.2. The Morgan fingerprint density at radius 3 is 1.74 bits per heavy atom. The first-order valence-corrected chi connectivity index (χ1v) is 25.2. The molecular formula is C46H77N17O15. The summed E-state index contributed by atoms with van der Waals surface area (Å²) in [6.45, 7) is 6.24. The smallest absolute Gasteiger partial charge is 0.326 e. The third kappa shape index (κ3) is 21.9. The van der Waals surface area contributed by atoms with Crippen LogP contribution in [0.4, 0.5) is 0 Å². The van der Waals surface area contributed by atoms with E-state index < -0.39 is 163 Å². The molecule has 436 valence electrons. The van der Waals surface area contributed by atoms with Crippen LogP contribution in [0.25, 0.3) is 0 Å². The molecule has 0 radical (unpaired) electrons. The number of aliphatic imine (C=N–C) groups is 1. The molecule has 1 fully saturated rings. The molecule has 0 spiro atoms. The van der Waals surface area contributed by atoms with Crippen molar-refractivity contribution in [2.75, 3.05) is 26.3 Å². The molecule has 22 N–H and O–H groups in total. The Morgan fingerprint density at radius 2 is 1.23 bits per heavy atom. The number of carboxylic acids is 1. The van der Waals surface area contributed by atoms with Gasteiger partial charge in [-0.2, -0.15) is 0 Å². The molecule has 2 rings (SSSR count). The second-order valence-electron chi connectivity index (χ2n) is 19.2. The Hall–Kier alpha value is -8.00. The number of likely N-dealkylation sites (tertiary alicyclic amines) is 1. The molecule has 1 aliphatic rings. The van der Waals surface area contributed by atoms with Gasteiger partial charge in [-0.25, -0.2) is 9.78 Å². The zero-order valence-electron chi connectivity index (χ0n) is 44.2. The van der Waals surface area contributed by atoms with Gasteiger partial charge in [0.05, 0.1) is 32.4 Å². The van der Waals surface area contributed by atoms with Crippen molar-refractivity contribution in [2.45, 2.75) is 153 Å². The zero-order chi connectivity index (χ0) is 59.0. The topological polar surface area (TPSA) is 536 Å². The number of nitrogens with zero attached hydrogens (tertiary/aromatic N) is 3. The number of aliphatic hydroxyl groups is 2. The van der Waals surface area contributed by atoms with Crippen molar-refractivity contribution in [3.8, 4) is 0 Å². The van der Waals surface area contributed by atoms with E-state index in [9.17, 15) is 72.9 Å². The summed E-state index contributed by atoms with van der Waals surface area (Å²) in [5.74, 6) is -13.5. The van der Waals surface area contributed by atoms with Crippen LogP contribution >= 0.6 is 0 Å². The van der Waals surface area contributed by atoms with Gasteiger partial charge in [0.15, 0.2) is 5.96 Å². The lowest BCUT2D eigenvalue weighted by atomic mass is 9.97. The van der Waals surface area contributed by atoms with Crippen LogP contribution in [0.2, 0.25) is 0 Å². The molecule has 11 atom stereocenters. The summed E-state index contributed by atoms with van der Waals surface area (Å²) in [4.78, 5) is 170. The highest BCUT2D eigenvalue weighted by atomic mass is 16.4. The molecule has 0 aromatic carbocycles. The summed E-state index contributed by atoms with van der Waals surface area (Å²) >= 11 is 0. The lowest BCUT2D eigenvalue weighted by molar-refractivity contribution is -0.143. The van der Waals surface area contributed by atoms with Gasteiger partial charge in [0.25, 0.3) is 0 Å². The second kappa shape index (κ2) is 32.6. The average molecular weight is 1110 g/mol. The van der Waals surface area contributed by atoms with Gasteiger partial charge in [-0.15, -0.1) is 0 Å². The maximum atomic E-state index is 14.3. The van der Waals surface area contributed by atoms with E-state index in [-0.39, 0.29) is 63.5 Å². The highest BCUT2D eigenvalue weighted by Crippen LogP contribution is 2.19. The molecule has 0 saturated carbocycles. The van der Waals surface area contributed by atoms with E-state index in [0.717, 1.165) is 0 Å². The van der Waals surface area contributed by atoms with E-state index in [1.54, 1.807) is 27.7 Å². The first-order valence-electron chi connectivity index (χ1n) is 25.2. The number of guanidine groups is 1. The monoisotopic (exact) mass is 1110 g/mol. The standard InChI is InChI=1S/C46H77N17O15/c1-6-22(4)35(62-41(73)31(19-65)61-40(72)28(15-33(48)66)57-36(68)23(5)55-42(74)32-10-8-12-63(32)44(76)25(47)18-64)43(75)56-26(9-7-11-53-46(50)51)37(69)58-27(14-24-17-52-20-54-24)38(70)59-29(16-34(49)67)39(71)60-30(45(77)78)13-21(2)3/h17,20-23,25-32,35,64-65H,6-16,18-19,47H2,1-5H3,(H2,48,66)(H2,49,67)(H,52,54)(H,55,74)(H,56,75)(H,57,68)(H,58,69)(H,59,70)(H,60,71)(H,61,72)(H,62,73)(H,77,78)(H4,50,51,53)/t22-,23-,25-,26-,27-,28-,29-,30-,31-,32-,35-/m0/s1. The molecule has 11 amide bonds. The van der Waals surface area contributed by atoms with Crippen molar-refractivity contribution in [3.05, 3.63) is 18.2 Å². The number of carbonyl (C=O) groups excluding carboxylic acids is 11. The first-order chi connectivity index (χ1) is 36.6. The molecule has 0 bridgehead atoms. The third-order valence-electron chi connectivity index (χ3n) is 12.3. The number of H-pyrrole nitrogens is 1. The molecule has 2 heterocycles. The molecule has 32 heteroatoms. The number of aliphatic hydroxyl groups excluding tert-OH is 2. The first kappa shape index (κ1) is 66.1. The molecule has 0 unspecified atom stereocenters. The summed E-state index contributed by atoms with van der Waals surface area (Å²) in [6.07, 6.45) is 1.40. The van der Waals surface area contributed by atoms with Crippen molar-refractivity contribution in [3.63, 3.8) is 0 Å². The van der Waals surface area contributed by atoms with Crippen molar-refractivity contribution in [1.29, 1.82) is 0 Å². The maximum Gasteiger partial charge on any atom is 0.326 e. The quantitative estimate of drug-likeness (QED) is 0.0173. The normalized spacial score (nSPS) is 16.9. The third-order valence-corrected chi connectivity index (χ3v) is 12.3.